The number of rotatable bonds is 7. The van der Waals surface area contributed by atoms with Crippen LogP contribution in [0.3, 0.4) is 0 Å². The Hall–Kier alpha value is -2.59. The highest BCUT2D eigenvalue weighted by Crippen LogP contribution is 2.22. The van der Waals surface area contributed by atoms with E-state index in [2.05, 4.69) is 57.6 Å². The number of hydrogen-bond donors (Lipinski definition) is 2. The van der Waals surface area contributed by atoms with Gasteiger partial charge in [0.15, 0.2) is 3.95 Å². The molecule has 0 radical (unpaired) electrons. The second-order valence-corrected chi connectivity index (χ2v) is 9.67. The monoisotopic (exact) mass is 468 g/mol. The average molecular weight is 469 g/mol. The maximum atomic E-state index is 12.3. The lowest BCUT2D eigenvalue weighted by molar-refractivity contribution is -0.117. The second kappa shape index (κ2) is 10.4. The molecule has 1 aliphatic rings. The number of carbonyl (C=O) groups is 1. The summed E-state index contributed by atoms with van der Waals surface area (Å²) in [5, 5.41) is 11.8. The standard InChI is InChI=1S/C23H28N6OS2/c1-17-8-9-20(14-18(17)2)25-22-26-29(23(31)32-22)16-28-12-10-27(11-13-28)15-21(30)24-19-6-4-3-5-7-19/h3-9,14H,10-13,15-16H2,1-2H3,(H,24,30)(H,25,26). The van der Waals surface area contributed by atoms with E-state index in [1.54, 1.807) is 0 Å². The van der Waals surface area contributed by atoms with E-state index in [9.17, 15) is 4.79 Å². The third-order valence-corrected chi connectivity index (χ3v) is 6.81. The highest BCUT2D eigenvalue weighted by atomic mass is 32.1. The first-order valence-electron chi connectivity index (χ1n) is 10.7. The molecule has 0 atom stereocenters. The first-order chi connectivity index (χ1) is 15.5. The number of aromatic nitrogens is 2. The Morgan fingerprint density at radius 1 is 1.00 bits per heavy atom. The molecule has 9 heteroatoms. The van der Waals surface area contributed by atoms with Gasteiger partial charge in [-0.25, -0.2) is 4.68 Å². The number of carbonyl (C=O) groups excluding carboxylic acids is 1. The van der Waals surface area contributed by atoms with Crippen LogP contribution in [-0.4, -0.2) is 58.2 Å². The highest BCUT2D eigenvalue weighted by molar-refractivity contribution is 7.73. The fourth-order valence-corrected chi connectivity index (χ4v) is 4.61. The summed E-state index contributed by atoms with van der Waals surface area (Å²) < 4.78 is 2.63. The van der Waals surface area contributed by atoms with Crippen LogP contribution in [0.1, 0.15) is 11.1 Å². The Balaban J connectivity index is 1.26. The molecular weight excluding hydrogens is 440 g/mol. The molecule has 1 aromatic heterocycles. The van der Waals surface area contributed by atoms with Gasteiger partial charge in [-0.2, -0.15) is 0 Å². The van der Waals surface area contributed by atoms with Gasteiger partial charge in [0.1, 0.15) is 0 Å². The van der Waals surface area contributed by atoms with Gasteiger partial charge >= 0.3 is 0 Å². The van der Waals surface area contributed by atoms with Gasteiger partial charge in [0.2, 0.25) is 11.0 Å². The molecule has 0 bridgehead atoms. The van der Waals surface area contributed by atoms with Crippen molar-refractivity contribution in [3.63, 3.8) is 0 Å². The molecule has 7 nitrogen and oxygen atoms in total. The summed E-state index contributed by atoms with van der Waals surface area (Å²) in [7, 11) is 0. The fourth-order valence-electron chi connectivity index (χ4n) is 3.59. The highest BCUT2D eigenvalue weighted by Gasteiger charge is 2.20. The van der Waals surface area contributed by atoms with E-state index in [0.29, 0.717) is 13.2 Å². The summed E-state index contributed by atoms with van der Waals surface area (Å²) in [6.45, 7) is 8.70. The number of para-hydroxylation sites is 1. The molecule has 1 amide bonds. The molecule has 0 aliphatic carbocycles. The van der Waals surface area contributed by atoms with Gasteiger partial charge in [0, 0.05) is 37.6 Å². The maximum absolute atomic E-state index is 12.3. The Morgan fingerprint density at radius 2 is 1.72 bits per heavy atom. The third kappa shape index (κ3) is 6.01. The van der Waals surface area contributed by atoms with Crippen LogP contribution >= 0.6 is 23.6 Å². The summed E-state index contributed by atoms with van der Waals surface area (Å²) in [5.41, 5.74) is 4.37. The maximum Gasteiger partial charge on any atom is 0.238 e. The van der Waals surface area contributed by atoms with Crippen molar-refractivity contribution in [1.82, 2.24) is 19.6 Å². The Morgan fingerprint density at radius 3 is 2.44 bits per heavy atom. The van der Waals surface area contributed by atoms with Crippen molar-refractivity contribution in [2.24, 2.45) is 0 Å². The average Bonchev–Trinajstić information content (AvgIpc) is 3.11. The molecule has 2 heterocycles. The molecule has 3 aromatic rings. The summed E-state index contributed by atoms with van der Waals surface area (Å²) in [6.07, 6.45) is 0. The number of nitrogens with zero attached hydrogens (tertiary/aromatic N) is 4. The zero-order chi connectivity index (χ0) is 22.5. The van der Waals surface area contributed by atoms with Gasteiger partial charge in [-0.1, -0.05) is 35.6 Å². The number of anilines is 3. The van der Waals surface area contributed by atoms with E-state index >= 15 is 0 Å². The predicted molar refractivity (Wildman–Crippen MR) is 133 cm³/mol. The van der Waals surface area contributed by atoms with Crippen molar-refractivity contribution in [2.45, 2.75) is 20.5 Å². The molecular formula is C23H28N6OS2. The van der Waals surface area contributed by atoms with Gasteiger partial charge in [-0.15, -0.1) is 5.10 Å². The molecule has 0 saturated carbocycles. The minimum absolute atomic E-state index is 0.0217. The van der Waals surface area contributed by atoms with E-state index in [-0.39, 0.29) is 5.91 Å². The van der Waals surface area contributed by atoms with Gasteiger partial charge in [-0.3, -0.25) is 14.6 Å². The van der Waals surface area contributed by atoms with Gasteiger partial charge in [-0.05, 0) is 61.5 Å². The van der Waals surface area contributed by atoms with Crippen LogP contribution in [0.4, 0.5) is 16.5 Å². The molecule has 1 fully saturated rings. The van der Waals surface area contributed by atoms with E-state index < -0.39 is 0 Å². The summed E-state index contributed by atoms with van der Waals surface area (Å²) in [5.74, 6) is 0.0217. The molecule has 32 heavy (non-hydrogen) atoms. The van der Waals surface area contributed by atoms with Crippen molar-refractivity contribution in [2.75, 3.05) is 43.4 Å². The van der Waals surface area contributed by atoms with Gasteiger partial charge in [0.25, 0.3) is 0 Å². The summed E-state index contributed by atoms with van der Waals surface area (Å²) in [4.78, 5) is 16.8. The largest absolute Gasteiger partial charge is 0.330 e. The number of piperazine rings is 1. The topological polar surface area (TPSA) is 65.4 Å². The van der Waals surface area contributed by atoms with Crippen molar-refractivity contribution in [3.8, 4) is 0 Å². The first kappa shape index (κ1) is 22.6. The lowest BCUT2D eigenvalue weighted by atomic mass is 10.1. The van der Waals surface area contributed by atoms with Crippen LogP contribution in [0.25, 0.3) is 0 Å². The number of amides is 1. The quantitative estimate of drug-likeness (QED) is 0.506. The van der Waals surface area contributed by atoms with Crippen LogP contribution in [0.15, 0.2) is 48.5 Å². The SMILES string of the molecule is Cc1ccc(Nc2nn(CN3CCN(CC(=O)Nc4ccccc4)CC3)c(=S)s2)cc1C. The molecule has 2 aromatic carbocycles. The molecule has 0 spiro atoms. The zero-order valence-corrected chi connectivity index (χ0v) is 20.0. The van der Waals surface area contributed by atoms with Crippen LogP contribution in [0.5, 0.6) is 0 Å². The summed E-state index contributed by atoms with van der Waals surface area (Å²) in [6, 6.07) is 15.9. The van der Waals surface area contributed by atoms with Crippen LogP contribution < -0.4 is 10.6 Å². The lowest BCUT2D eigenvalue weighted by Crippen LogP contribution is -2.48. The smallest absolute Gasteiger partial charge is 0.238 e. The number of aryl methyl sites for hydroxylation is 2. The minimum atomic E-state index is 0.0217. The van der Waals surface area contributed by atoms with Gasteiger partial charge < -0.3 is 10.6 Å². The second-order valence-electron chi connectivity index (χ2n) is 8.05. The predicted octanol–water partition coefficient (Wildman–Crippen LogP) is 4.25. The Labute approximate surface area is 197 Å². The molecule has 1 aliphatic heterocycles. The van der Waals surface area contributed by atoms with Crippen molar-refractivity contribution < 1.29 is 4.79 Å². The van der Waals surface area contributed by atoms with E-state index in [1.807, 2.05) is 35.0 Å². The lowest BCUT2D eigenvalue weighted by Gasteiger charge is -2.33. The number of hydrogen-bond acceptors (Lipinski definition) is 7. The molecule has 4 rings (SSSR count). The molecule has 0 unspecified atom stereocenters. The first-order valence-corrected chi connectivity index (χ1v) is 11.9. The Kier molecular flexibility index (Phi) is 7.31. The number of nitrogens with one attached hydrogen (secondary N) is 2. The van der Waals surface area contributed by atoms with Crippen molar-refractivity contribution in [3.05, 3.63) is 63.6 Å². The van der Waals surface area contributed by atoms with Crippen LogP contribution in [0.2, 0.25) is 0 Å². The third-order valence-electron chi connectivity index (χ3n) is 5.59. The zero-order valence-electron chi connectivity index (χ0n) is 18.4. The van der Waals surface area contributed by atoms with E-state index in [1.165, 1.54) is 22.5 Å². The Bertz CT molecular complexity index is 1120. The minimum Gasteiger partial charge on any atom is -0.330 e. The molecule has 2 N–H and O–H groups in total. The molecule has 168 valence electrons. The summed E-state index contributed by atoms with van der Waals surface area (Å²) >= 11 is 7.02. The molecule has 1 saturated heterocycles. The van der Waals surface area contributed by atoms with Crippen LogP contribution in [0, 0.1) is 17.8 Å². The van der Waals surface area contributed by atoms with E-state index in [0.717, 1.165) is 46.6 Å². The van der Waals surface area contributed by atoms with Crippen LogP contribution in [-0.2, 0) is 11.5 Å². The van der Waals surface area contributed by atoms with Gasteiger partial charge in [0.05, 0.1) is 13.2 Å². The normalized spacial score (nSPS) is 14.9. The van der Waals surface area contributed by atoms with Crippen molar-refractivity contribution >= 4 is 46.0 Å². The number of benzene rings is 2. The van der Waals surface area contributed by atoms with Crippen molar-refractivity contribution in [1.29, 1.82) is 0 Å². The fraction of sp³-hybridized carbons (Fsp3) is 0.348. The van der Waals surface area contributed by atoms with E-state index in [4.69, 9.17) is 12.2 Å².